The number of halogens is 2. The molecule has 1 spiro atoms. The summed E-state index contributed by atoms with van der Waals surface area (Å²) in [4.78, 5) is 31.2. The lowest BCUT2D eigenvalue weighted by atomic mass is 9.71. The first-order valence-electron chi connectivity index (χ1n) is 9.47. The molecule has 1 aliphatic carbocycles. The number of aromatic nitrogens is 1. The van der Waals surface area contributed by atoms with Crippen LogP contribution in [0.1, 0.15) is 42.6 Å². The molecule has 0 unspecified atom stereocenters. The second kappa shape index (κ2) is 7.30. The van der Waals surface area contributed by atoms with Gasteiger partial charge in [-0.1, -0.05) is 12.5 Å². The third kappa shape index (κ3) is 3.37. The van der Waals surface area contributed by atoms with Crippen LogP contribution < -0.4 is 10.2 Å². The molecule has 28 heavy (non-hydrogen) atoms. The number of rotatable bonds is 3. The number of hydrogen-bond donors (Lipinski definition) is 1. The molecule has 2 atom stereocenters. The van der Waals surface area contributed by atoms with Gasteiger partial charge in [-0.25, -0.2) is 8.78 Å². The summed E-state index contributed by atoms with van der Waals surface area (Å²) in [5, 5.41) is 3.00. The molecule has 0 bridgehead atoms. The van der Waals surface area contributed by atoms with Gasteiger partial charge in [-0.3, -0.25) is 14.6 Å². The number of carbonyl (C=O) groups excluding carboxylic acids is 2. The Balaban J connectivity index is 1.48. The molecule has 2 amide bonds. The largest absolute Gasteiger partial charge is 0.348 e. The Morgan fingerprint density at radius 1 is 1.18 bits per heavy atom. The van der Waals surface area contributed by atoms with Crippen molar-refractivity contribution < 1.29 is 18.4 Å². The Kier molecular flexibility index (Phi) is 4.83. The highest BCUT2D eigenvalue weighted by Crippen LogP contribution is 2.46. The lowest BCUT2D eigenvalue weighted by Crippen LogP contribution is -2.46. The lowest BCUT2D eigenvalue weighted by molar-refractivity contribution is -0.127. The predicted octanol–water partition coefficient (Wildman–Crippen LogP) is 3.46. The van der Waals surface area contributed by atoms with E-state index in [1.165, 1.54) is 11.0 Å². The van der Waals surface area contributed by atoms with Crippen LogP contribution >= 0.6 is 0 Å². The van der Waals surface area contributed by atoms with Crippen molar-refractivity contribution in [2.24, 2.45) is 5.41 Å². The van der Waals surface area contributed by atoms with Crippen LogP contribution in [0.5, 0.6) is 0 Å². The van der Waals surface area contributed by atoms with Gasteiger partial charge in [-0.15, -0.1) is 0 Å². The molecule has 1 saturated heterocycles. The van der Waals surface area contributed by atoms with Crippen LogP contribution in [0.2, 0.25) is 0 Å². The van der Waals surface area contributed by atoms with Gasteiger partial charge in [0, 0.05) is 30.5 Å². The van der Waals surface area contributed by atoms with E-state index in [4.69, 9.17) is 0 Å². The third-order valence-electron chi connectivity index (χ3n) is 5.81. The van der Waals surface area contributed by atoms with Crippen LogP contribution in [0, 0.1) is 17.0 Å². The normalized spacial score (nSPS) is 24.6. The Labute approximate surface area is 161 Å². The molecule has 0 radical (unpaired) electrons. The standard InChI is InChI=1S/C21H21F2N3O2/c22-16-7-6-15(12-17(16)23)26-11-9-21(20(26)28)8-3-4-14(13-21)25-19(27)18-5-1-2-10-24-18/h1-2,5-7,10,12,14H,3-4,8-9,11,13H2,(H,25,27)/t14-,21-/m0/s1. The maximum Gasteiger partial charge on any atom is 0.270 e. The highest BCUT2D eigenvalue weighted by molar-refractivity contribution is 6.00. The van der Waals surface area contributed by atoms with Crippen LogP contribution in [-0.2, 0) is 4.79 Å². The van der Waals surface area contributed by atoms with Crippen LogP contribution in [0.3, 0.4) is 0 Å². The maximum absolute atomic E-state index is 13.6. The van der Waals surface area contributed by atoms with E-state index >= 15 is 0 Å². The Morgan fingerprint density at radius 2 is 2.04 bits per heavy atom. The summed E-state index contributed by atoms with van der Waals surface area (Å²) in [5.74, 6) is -2.21. The van der Waals surface area contributed by atoms with E-state index in [9.17, 15) is 18.4 Å². The number of nitrogens with one attached hydrogen (secondary N) is 1. The fourth-order valence-corrected chi connectivity index (χ4v) is 4.38. The number of benzene rings is 1. The first kappa shape index (κ1) is 18.5. The molecular weight excluding hydrogens is 364 g/mol. The average Bonchev–Trinajstić information content (AvgIpc) is 3.00. The zero-order valence-electron chi connectivity index (χ0n) is 15.3. The molecule has 1 aromatic carbocycles. The summed E-state index contributed by atoms with van der Waals surface area (Å²) < 4.78 is 26.8. The van der Waals surface area contributed by atoms with Crippen molar-refractivity contribution in [1.29, 1.82) is 0 Å². The van der Waals surface area contributed by atoms with E-state index < -0.39 is 17.0 Å². The summed E-state index contributed by atoms with van der Waals surface area (Å²) in [6, 6.07) is 8.57. The van der Waals surface area contributed by atoms with Crippen LogP contribution in [0.25, 0.3) is 0 Å². The summed E-state index contributed by atoms with van der Waals surface area (Å²) >= 11 is 0. The van der Waals surface area contributed by atoms with Gasteiger partial charge in [0.25, 0.3) is 5.91 Å². The zero-order chi connectivity index (χ0) is 19.7. The van der Waals surface area contributed by atoms with Crippen molar-refractivity contribution in [3.63, 3.8) is 0 Å². The van der Waals surface area contributed by atoms with E-state index in [1.807, 2.05) is 0 Å². The van der Waals surface area contributed by atoms with Crippen molar-refractivity contribution in [1.82, 2.24) is 10.3 Å². The molecule has 1 aromatic heterocycles. The molecule has 146 valence electrons. The quantitative estimate of drug-likeness (QED) is 0.880. The van der Waals surface area contributed by atoms with Gasteiger partial charge in [-0.05, 0) is 49.9 Å². The monoisotopic (exact) mass is 385 g/mol. The summed E-state index contributed by atoms with van der Waals surface area (Å²) in [5.41, 5.74) is 0.161. The summed E-state index contributed by atoms with van der Waals surface area (Å²) in [6.07, 6.45) is 5.12. The molecule has 4 rings (SSSR count). The SMILES string of the molecule is O=C(N[C@H]1CCC[C@]2(CCN(c3ccc(F)c(F)c3)C2=O)C1)c1ccccn1. The van der Waals surface area contributed by atoms with Crippen molar-refractivity contribution in [3.05, 3.63) is 59.9 Å². The minimum atomic E-state index is -0.963. The minimum absolute atomic E-state index is 0.0738. The first-order chi connectivity index (χ1) is 13.5. The Bertz CT molecular complexity index is 906. The molecule has 2 fully saturated rings. The predicted molar refractivity (Wildman–Crippen MR) is 99.7 cm³/mol. The number of nitrogens with zero attached hydrogens (tertiary/aromatic N) is 2. The fourth-order valence-electron chi connectivity index (χ4n) is 4.38. The summed E-state index contributed by atoms with van der Waals surface area (Å²) in [6.45, 7) is 0.463. The van der Waals surface area contributed by atoms with Crippen molar-refractivity contribution in [3.8, 4) is 0 Å². The van der Waals surface area contributed by atoms with Gasteiger partial charge in [0.2, 0.25) is 5.91 Å². The molecule has 1 saturated carbocycles. The number of carbonyl (C=O) groups is 2. The van der Waals surface area contributed by atoms with E-state index in [0.29, 0.717) is 30.8 Å². The van der Waals surface area contributed by atoms with E-state index in [1.54, 1.807) is 24.4 Å². The van der Waals surface area contributed by atoms with Crippen LogP contribution in [0.4, 0.5) is 14.5 Å². The highest BCUT2D eigenvalue weighted by Gasteiger charge is 2.49. The lowest BCUT2D eigenvalue weighted by Gasteiger charge is -2.36. The van der Waals surface area contributed by atoms with Crippen LogP contribution in [-0.4, -0.2) is 29.4 Å². The number of hydrogen-bond acceptors (Lipinski definition) is 3. The van der Waals surface area contributed by atoms with E-state index in [-0.39, 0.29) is 17.9 Å². The van der Waals surface area contributed by atoms with E-state index in [0.717, 1.165) is 31.4 Å². The van der Waals surface area contributed by atoms with Crippen molar-refractivity contribution in [2.75, 3.05) is 11.4 Å². The number of anilines is 1. The van der Waals surface area contributed by atoms with Crippen molar-refractivity contribution >= 4 is 17.5 Å². The molecule has 5 nitrogen and oxygen atoms in total. The van der Waals surface area contributed by atoms with Crippen molar-refractivity contribution in [2.45, 2.75) is 38.1 Å². The van der Waals surface area contributed by atoms with Gasteiger partial charge in [0.05, 0.1) is 5.41 Å². The van der Waals surface area contributed by atoms with Gasteiger partial charge < -0.3 is 10.2 Å². The molecule has 2 heterocycles. The van der Waals surface area contributed by atoms with Crippen LogP contribution in [0.15, 0.2) is 42.6 Å². The third-order valence-corrected chi connectivity index (χ3v) is 5.81. The van der Waals surface area contributed by atoms with Gasteiger partial charge in [0.15, 0.2) is 11.6 Å². The molecule has 2 aromatic rings. The summed E-state index contributed by atoms with van der Waals surface area (Å²) in [7, 11) is 0. The van der Waals surface area contributed by atoms with Gasteiger partial charge in [0.1, 0.15) is 5.69 Å². The maximum atomic E-state index is 13.6. The molecular formula is C21H21F2N3O2. The Morgan fingerprint density at radius 3 is 2.79 bits per heavy atom. The number of amides is 2. The van der Waals surface area contributed by atoms with Gasteiger partial charge in [-0.2, -0.15) is 0 Å². The smallest absolute Gasteiger partial charge is 0.270 e. The molecule has 2 aliphatic rings. The van der Waals surface area contributed by atoms with Gasteiger partial charge >= 0.3 is 0 Å². The topological polar surface area (TPSA) is 62.3 Å². The molecule has 7 heteroatoms. The molecule has 1 N–H and O–H groups in total. The Hall–Kier alpha value is -2.83. The average molecular weight is 385 g/mol. The highest BCUT2D eigenvalue weighted by atomic mass is 19.2. The fraction of sp³-hybridized carbons (Fsp3) is 0.381. The minimum Gasteiger partial charge on any atom is -0.348 e. The zero-order valence-corrected chi connectivity index (χ0v) is 15.3. The second-order valence-electron chi connectivity index (χ2n) is 7.57. The second-order valence-corrected chi connectivity index (χ2v) is 7.57. The molecule has 1 aliphatic heterocycles. The van der Waals surface area contributed by atoms with E-state index in [2.05, 4.69) is 10.3 Å². The first-order valence-corrected chi connectivity index (χ1v) is 9.47. The number of pyridine rings is 1.